The van der Waals surface area contributed by atoms with Gasteiger partial charge in [0.1, 0.15) is 9.71 Å². The van der Waals surface area contributed by atoms with Gasteiger partial charge < -0.3 is 11.1 Å². The zero-order chi connectivity index (χ0) is 18.5. The molecule has 0 unspecified atom stereocenters. The first-order chi connectivity index (χ1) is 12.6. The second kappa shape index (κ2) is 8.52. The second-order valence-corrected chi connectivity index (χ2v) is 7.68. The van der Waals surface area contributed by atoms with E-state index in [2.05, 4.69) is 17.2 Å². The molecule has 0 bridgehead atoms. The quantitative estimate of drug-likeness (QED) is 0.609. The lowest BCUT2D eigenvalue weighted by Gasteiger charge is -2.05. The lowest BCUT2D eigenvalue weighted by atomic mass is 10.1. The highest BCUT2D eigenvalue weighted by Gasteiger charge is 2.17. The Balaban J connectivity index is 1.68. The van der Waals surface area contributed by atoms with Crippen molar-refractivity contribution in [2.24, 2.45) is 0 Å². The van der Waals surface area contributed by atoms with Gasteiger partial charge in [0.2, 0.25) is 0 Å². The summed E-state index contributed by atoms with van der Waals surface area (Å²) < 4.78 is 0. The highest BCUT2D eigenvalue weighted by molar-refractivity contribution is 7.21. The average molecular weight is 388 g/mol. The molecule has 0 radical (unpaired) electrons. The Labute approximate surface area is 162 Å². The first-order valence-electron chi connectivity index (χ1n) is 8.79. The van der Waals surface area contributed by atoms with Gasteiger partial charge in [-0.1, -0.05) is 37.1 Å². The molecule has 6 heteroatoms. The van der Waals surface area contributed by atoms with Gasteiger partial charge in [-0.2, -0.15) is 0 Å². The zero-order valence-corrected chi connectivity index (χ0v) is 16.3. The number of thiophene rings is 1. The van der Waals surface area contributed by atoms with Gasteiger partial charge in [-0.15, -0.1) is 11.3 Å². The third-order valence-corrected chi connectivity index (χ3v) is 5.58. The summed E-state index contributed by atoms with van der Waals surface area (Å²) in [5.41, 5.74) is 8.84. The summed E-state index contributed by atoms with van der Waals surface area (Å²) in [5.74, 6) is -0.150. The van der Waals surface area contributed by atoms with Crippen molar-refractivity contribution in [1.29, 1.82) is 0 Å². The van der Waals surface area contributed by atoms with Crippen molar-refractivity contribution >= 4 is 44.7 Å². The summed E-state index contributed by atoms with van der Waals surface area (Å²) in [6.45, 7) is 2.69. The van der Waals surface area contributed by atoms with Gasteiger partial charge in [0.05, 0.1) is 5.69 Å². The number of halogens is 1. The fraction of sp³-hybridized carbons (Fsp3) is 0.300. The third kappa shape index (κ3) is 4.34. The maximum absolute atomic E-state index is 12.5. The molecule has 0 atom stereocenters. The number of carbonyl (C=O) groups is 1. The van der Waals surface area contributed by atoms with E-state index < -0.39 is 0 Å². The van der Waals surface area contributed by atoms with E-state index in [1.165, 1.54) is 11.3 Å². The van der Waals surface area contributed by atoms with Crippen molar-refractivity contribution in [2.75, 3.05) is 12.3 Å². The normalized spacial score (nSPS) is 11.0. The largest absolute Gasteiger partial charge is 0.397 e. The predicted octanol–water partition coefficient (Wildman–Crippen LogP) is 4.85. The molecule has 3 N–H and O–H groups in total. The topological polar surface area (TPSA) is 68.0 Å². The fourth-order valence-electron chi connectivity index (χ4n) is 2.79. The van der Waals surface area contributed by atoms with Crippen LogP contribution in [-0.4, -0.2) is 17.4 Å². The van der Waals surface area contributed by atoms with Crippen molar-refractivity contribution in [3.05, 3.63) is 57.6 Å². The number of rotatable bonds is 7. The summed E-state index contributed by atoms with van der Waals surface area (Å²) in [6.07, 6.45) is 3.91. The number of aromatic nitrogens is 1. The SMILES string of the molecule is CCCCc1ccc2c(N)c(C(=O)NCCc3cccc(Cl)c3)sc2n1. The second-order valence-electron chi connectivity index (χ2n) is 6.24. The van der Waals surface area contributed by atoms with Crippen LogP contribution in [0.25, 0.3) is 10.2 Å². The standard InChI is InChI=1S/C20H22ClN3OS/c1-2-3-7-15-8-9-16-17(22)18(26-20(16)24-15)19(25)23-11-10-13-5-4-6-14(21)12-13/h4-6,8-9,12H,2-3,7,10-11,22H2,1H3,(H,23,25). The molecule has 2 aromatic heterocycles. The van der Waals surface area contributed by atoms with E-state index in [-0.39, 0.29) is 5.91 Å². The number of unbranched alkanes of at least 4 members (excludes halogenated alkanes) is 1. The number of fused-ring (bicyclic) bond motifs is 1. The number of nitrogens with zero attached hydrogens (tertiary/aromatic N) is 1. The summed E-state index contributed by atoms with van der Waals surface area (Å²) >= 11 is 7.34. The Morgan fingerprint density at radius 2 is 2.12 bits per heavy atom. The molecule has 1 aromatic carbocycles. The zero-order valence-electron chi connectivity index (χ0n) is 14.7. The van der Waals surface area contributed by atoms with Crippen LogP contribution in [0.5, 0.6) is 0 Å². The van der Waals surface area contributed by atoms with Crippen molar-refractivity contribution in [3.63, 3.8) is 0 Å². The Bertz CT molecular complexity index is 923. The summed E-state index contributed by atoms with van der Waals surface area (Å²) in [5, 5.41) is 4.50. The Morgan fingerprint density at radius 3 is 2.88 bits per heavy atom. The molecule has 0 aliphatic heterocycles. The predicted molar refractivity (Wildman–Crippen MR) is 110 cm³/mol. The van der Waals surface area contributed by atoms with Gasteiger partial charge in [-0.05, 0) is 49.1 Å². The van der Waals surface area contributed by atoms with Gasteiger partial charge in [-0.25, -0.2) is 4.98 Å². The molecule has 0 spiro atoms. The number of hydrogen-bond acceptors (Lipinski definition) is 4. The van der Waals surface area contributed by atoms with Crippen LogP contribution < -0.4 is 11.1 Å². The van der Waals surface area contributed by atoms with Crippen molar-refractivity contribution in [1.82, 2.24) is 10.3 Å². The number of benzene rings is 1. The van der Waals surface area contributed by atoms with Crippen molar-refractivity contribution < 1.29 is 4.79 Å². The third-order valence-electron chi connectivity index (χ3n) is 4.23. The van der Waals surface area contributed by atoms with Gasteiger partial charge in [0.25, 0.3) is 5.91 Å². The number of hydrogen-bond donors (Lipinski definition) is 2. The summed E-state index contributed by atoms with van der Waals surface area (Å²) in [4.78, 5) is 18.5. The molecule has 3 rings (SSSR count). The fourth-order valence-corrected chi connectivity index (χ4v) is 4.04. The van der Waals surface area contributed by atoms with Crippen LogP contribution in [-0.2, 0) is 12.8 Å². The number of nitrogens with two attached hydrogens (primary N) is 1. The van der Waals surface area contributed by atoms with E-state index >= 15 is 0 Å². The summed E-state index contributed by atoms with van der Waals surface area (Å²) in [6, 6.07) is 11.6. The molecular formula is C20H22ClN3OS. The molecule has 1 amide bonds. The molecule has 3 aromatic rings. The van der Waals surface area contributed by atoms with E-state index in [1.807, 2.05) is 36.4 Å². The maximum atomic E-state index is 12.5. The molecule has 0 saturated carbocycles. The highest BCUT2D eigenvalue weighted by atomic mass is 35.5. The molecule has 0 fully saturated rings. The first-order valence-corrected chi connectivity index (χ1v) is 9.98. The minimum absolute atomic E-state index is 0.150. The molecule has 2 heterocycles. The molecule has 0 aliphatic rings. The van der Waals surface area contributed by atoms with Crippen LogP contribution >= 0.6 is 22.9 Å². The molecule has 26 heavy (non-hydrogen) atoms. The van der Waals surface area contributed by atoms with Gasteiger partial charge in [0, 0.05) is 22.6 Å². The summed E-state index contributed by atoms with van der Waals surface area (Å²) in [7, 11) is 0. The Morgan fingerprint density at radius 1 is 1.27 bits per heavy atom. The number of nitrogen functional groups attached to an aromatic ring is 1. The minimum atomic E-state index is -0.150. The smallest absolute Gasteiger partial charge is 0.263 e. The number of aryl methyl sites for hydroxylation is 1. The van der Waals surface area contributed by atoms with E-state index in [0.29, 0.717) is 22.1 Å². The first kappa shape index (κ1) is 18.7. The van der Waals surface area contributed by atoms with Crippen LogP contribution in [0, 0.1) is 0 Å². The van der Waals surface area contributed by atoms with Gasteiger partial charge >= 0.3 is 0 Å². The van der Waals surface area contributed by atoms with Crippen LogP contribution in [0.3, 0.4) is 0 Å². The lowest BCUT2D eigenvalue weighted by molar-refractivity contribution is 0.0959. The number of amides is 1. The minimum Gasteiger partial charge on any atom is -0.397 e. The number of pyridine rings is 1. The number of nitrogens with one attached hydrogen (secondary N) is 1. The number of carbonyl (C=O) groups excluding carboxylic acids is 1. The van der Waals surface area contributed by atoms with Crippen molar-refractivity contribution in [3.8, 4) is 0 Å². The van der Waals surface area contributed by atoms with E-state index in [4.69, 9.17) is 17.3 Å². The van der Waals surface area contributed by atoms with E-state index in [0.717, 1.165) is 47.2 Å². The molecule has 0 aliphatic carbocycles. The lowest BCUT2D eigenvalue weighted by Crippen LogP contribution is -2.25. The van der Waals surface area contributed by atoms with Crippen LogP contribution in [0.2, 0.25) is 5.02 Å². The van der Waals surface area contributed by atoms with Crippen LogP contribution in [0.15, 0.2) is 36.4 Å². The Hall–Kier alpha value is -2.11. The molecule has 4 nitrogen and oxygen atoms in total. The van der Waals surface area contributed by atoms with Gasteiger partial charge in [0.15, 0.2) is 0 Å². The average Bonchev–Trinajstić information content (AvgIpc) is 2.96. The van der Waals surface area contributed by atoms with Crippen molar-refractivity contribution in [2.45, 2.75) is 32.6 Å². The van der Waals surface area contributed by atoms with Gasteiger partial charge in [-0.3, -0.25) is 4.79 Å². The van der Waals surface area contributed by atoms with Crippen LogP contribution in [0.4, 0.5) is 5.69 Å². The Kier molecular flexibility index (Phi) is 6.12. The highest BCUT2D eigenvalue weighted by Crippen LogP contribution is 2.32. The molecule has 0 saturated heterocycles. The monoisotopic (exact) mass is 387 g/mol. The molecule has 136 valence electrons. The molecular weight excluding hydrogens is 366 g/mol. The van der Waals surface area contributed by atoms with E-state index in [1.54, 1.807) is 0 Å². The number of anilines is 1. The van der Waals surface area contributed by atoms with Crippen LogP contribution in [0.1, 0.15) is 40.7 Å². The van der Waals surface area contributed by atoms with E-state index in [9.17, 15) is 4.79 Å². The maximum Gasteiger partial charge on any atom is 0.263 e.